The first-order valence-electron chi connectivity index (χ1n) is 5.11. The molecule has 0 aromatic rings. The van der Waals surface area contributed by atoms with Crippen LogP contribution in [0, 0.1) is 0 Å². The molecule has 16 heavy (non-hydrogen) atoms. The van der Waals surface area contributed by atoms with Crippen LogP contribution in [0.2, 0.25) is 0 Å². The van der Waals surface area contributed by atoms with Gasteiger partial charge in [-0.05, 0) is 18.2 Å². The van der Waals surface area contributed by atoms with Crippen molar-refractivity contribution in [1.29, 1.82) is 0 Å². The van der Waals surface area contributed by atoms with Crippen molar-refractivity contribution >= 4 is 0 Å². The first-order valence-corrected chi connectivity index (χ1v) is 5.11. The summed E-state index contributed by atoms with van der Waals surface area (Å²) in [7, 11) is 0. The first-order chi connectivity index (χ1) is 7.14. The van der Waals surface area contributed by atoms with Crippen molar-refractivity contribution in [3.8, 4) is 0 Å². The van der Waals surface area contributed by atoms with Gasteiger partial charge < -0.3 is 27.1 Å². The average Bonchev–Trinajstić information content (AvgIpc) is 2.18. The van der Waals surface area contributed by atoms with E-state index in [1.54, 1.807) is 0 Å². The van der Waals surface area contributed by atoms with E-state index < -0.39 is 6.10 Å². The number of quaternary nitrogens is 1. The molecule has 2 N–H and O–H groups in total. The number of aliphatic hydroxyl groups excluding tert-OH is 2. The molecule has 0 aliphatic heterocycles. The standard InChI is InChI=1S/C12H22NO2.ClH/c1-4-7-13(8-5-2,9-6-3)10-12(15)11-14;/h4-6,12,14-15H,1-3,7-11H2;1H/q+1;/p-1. The van der Waals surface area contributed by atoms with Gasteiger partial charge in [0.25, 0.3) is 0 Å². The molecule has 0 aromatic heterocycles. The van der Waals surface area contributed by atoms with Crippen molar-refractivity contribution in [2.24, 2.45) is 0 Å². The Balaban J connectivity index is 0. The Morgan fingerprint density at radius 3 is 1.62 bits per heavy atom. The molecule has 0 aromatic carbocycles. The number of hydrogen-bond donors (Lipinski definition) is 2. The van der Waals surface area contributed by atoms with E-state index in [2.05, 4.69) is 19.7 Å². The second-order valence-corrected chi connectivity index (χ2v) is 3.77. The third-order valence-electron chi connectivity index (χ3n) is 2.36. The van der Waals surface area contributed by atoms with Crippen LogP contribution < -0.4 is 12.4 Å². The number of rotatable bonds is 9. The molecule has 94 valence electrons. The number of halogens is 1. The molecule has 0 heterocycles. The second kappa shape index (κ2) is 9.60. The van der Waals surface area contributed by atoms with Crippen LogP contribution in [0.4, 0.5) is 0 Å². The maximum absolute atomic E-state index is 9.50. The molecule has 1 unspecified atom stereocenters. The van der Waals surface area contributed by atoms with Crippen molar-refractivity contribution in [3.63, 3.8) is 0 Å². The lowest BCUT2D eigenvalue weighted by molar-refractivity contribution is -0.914. The highest BCUT2D eigenvalue weighted by molar-refractivity contribution is 4.77. The van der Waals surface area contributed by atoms with E-state index >= 15 is 0 Å². The first kappa shape index (κ1) is 17.8. The lowest BCUT2D eigenvalue weighted by Gasteiger charge is -2.37. The van der Waals surface area contributed by atoms with E-state index in [4.69, 9.17) is 5.11 Å². The molecule has 1 atom stereocenters. The highest BCUT2D eigenvalue weighted by Gasteiger charge is 2.26. The van der Waals surface area contributed by atoms with Gasteiger partial charge in [0, 0.05) is 0 Å². The van der Waals surface area contributed by atoms with Crippen molar-refractivity contribution in [2.45, 2.75) is 6.10 Å². The van der Waals surface area contributed by atoms with E-state index in [0.29, 0.717) is 11.0 Å². The van der Waals surface area contributed by atoms with Crippen molar-refractivity contribution in [2.75, 3.05) is 32.8 Å². The molecule has 0 saturated carbocycles. The van der Waals surface area contributed by atoms with Crippen molar-refractivity contribution in [3.05, 3.63) is 38.0 Å². The Kier molecular flexibility index (Phi) is 10.7. The lowest BCUT2D eigenvalue weighted by Crippen LogP contribution is -3.00. The fraction of sp³-hybridized carbons (Fsp3) is 0.500. The Labute approximate surface area is 104 Å². The fourth-order valence-corrected chi connectivity index (χ4v) is 1.77. The van der Waals surface area contributed by atoms with Gasteiger partial charge in [-0.25, -0.2) is 0 Å². The van der Waals surface area contributed by atoms with E-state index in [0.717, 1.165) is 19.6 Å². The average molecular weight is 248 g/mol. The van der Waals surface area contributed by atoms with Gasteiger partial charge in [0.15, 0.2) is 0 Å². The Hall–Kier alpha value is -0.610. The summed E-state index contributed by atoms with van der Waals surface area (Å²) in [5.74, 6) is 0. The third kappa shape index (κ3) is 6.08. The molecule has 0 amide bonds. The van der Waals surface area contributed by atoms with Crippen LogP contribution in [-0.2, 0) is 0 Å². The predicted molar refractivity (Wildman–Crippen MR) is 63.4 cm³/mol. The van der Waals surface area contributed by atoms with Crippen LogP contribution in [0.1, 0.15) is 0 Å². The lowest BCUT2D eigenvalue weighted by atomic mass is 10.2. The molecule has 0 fully saturated rings. The molecule has 0 rings (SSSR count). The topological polar surface area (TPSA) is 40.5 Å². The van der Waals surface area contributed by atoms with Gasteiger partial charge in [-0.3, -0.25) is 0 Å². The van der Waals surface area contributed by atoms with Crippen LogP contribution in [0.5, 0.6) is 0 Å². The molecular formula is C12H22ClNO2. The highest BCUT2D eigenvalue weighted by atomic mass is 35.5. The summed E-state index contributed by atoms with van der Waals surface area (Å²) in [6.45, 7) is 13.6. The van der Waals surface area contributed by atoms with Gasteiger partial charge in [0.05, 0.1) is 26.2 Å². The molecule has 0 aliphatic rings. The molecule has 0 aliphatic carbocycles. The molecule has 0 spiro atoms. The van der Waals surface area contributed by atoms with Crippen LogP contribution >= 0.6 is 0 Å². The van der Waals surface area contributed by atoms with Gasteiger partial charge in [-0.15, -0.1) is 0 Å². The zero-order valence-electron chi connectivity index (χ0n) is 9.69. The zero-order chi connectivity index (χ0) is 11.7. The van der Waals surface area contributed by atoms with Crippen molar-refractivity contribution < 1.29 is 27.1 Å². The molecule has 0 saturated heterocycles. The number of aliphatic hydroxyl groups is 2. The maximum Gasteiger partial charge on any atom is 0.126 e. The molecule has 0 radical (unpaired) electrons. The minimum Gasteiger partial charge on any atom is -1.00 e. The van der Waals surface area contributed by atoms with Gasteiger partial charge in [0.1, 0.15) is 12.6 Å². The summed E-state index contributed by atoms with van der Waals surface area (Å²) >= 11 is 0. The van der Waals surface area contributed by atoms with Gasteiger partial charge in [0.2, 0.25) is 0 Å². The highest BCUT2D eigenvalue weighted by Crippen LogP contribution is 2.09. The third-order valence-corrected chi connectivity index (χ3v) is 2.36. The van der Waals surface area contributed by atoms with E-state index in [1.165, 1.54) is 0 Å². The molecule has 3 nitrogen and oxygen atoms in total. The number of hydrogen-bond acceptors (Lipinski definition) is 2. The summed E-state index contributed by atoms with van der Waals surface area (Å²) in [5, 5.41) is 18.4. The Bertz CT molecular complexity index is 193. The number of nitrogens with zero attached hydrogens (tertiary/aromatic N) is 1. The van der Waals surface area contributed by atoms with E-state index in [-0.39, 0.29) is 19.0 Å². The summed E-state index contributed by atoms with van der Waals surface area (Å²) in [4.78, 5) is 0. The van der Waals surface area contributed by atoms with Crippen molar-refractivity contribution in [1.82, 2.24) is 0 Å². The largest absolute Gasteiger partial charge is 1.00 e. The minimum atomic E-state index is -0.704. The van der Waals surface area contributed by atoms with E-state index in [9.17, 15) is 5.11 Å². The minimum absolute atomic E-state index is 0. The summed E-state index contributed by atoms with van der Waals surface area (Å²) in [6, 6.07) is 0. The monoisotopic (exact) mass is 247 g/mol. The summed E-state index contributed by atoms with van der Waals surface area (Å²) in [5.41, 5.74) is 0. The van der Waals surface area contributed by atoms with Gasteiger partial charge in [-0.2, -0.15) is 0 Å². The van der Waals surface area contributed by atoms with Crippen LogP contribution in [-0.4, -0.2) is 53.6 Å². The van der Waals surface area contributed by atoms with Crippen LogP contribution in [0.25, 0.3) is 0 Å². The van der Waals surface area contributed by atoms with E-state index in [1.807, 2.05) is 18.2 Å². The Morgan fingerprint density at radius 2 is 1.38 bits per heavy atom. The SMILES string of the molecule is C=CC[N+](CC=C)(CC=C)CC(O)CO.[Cl-]. The zero-order valence-corrected chi connectivity index (χ0v) is 10.4. The van der Waals surface area contributed by atoms with Crippen LogP contribution in [0.15, 0.2) is 38.0 Å². The fourth-order valence-electron chi connectivity index (χ4n) is 1.77. The van der Waals surface area contributed by atoms with Crippen LogP contribution in [0.3, 0.4) is 0 Å². The summed E-state index contributed by atoms with van der Waals surface area (Å²) in [6.07, 6.45) is 4.75. The van der Waals surface area contributed by atoms with Gasteiger partial charge >= 0.3 is 0 Å². The molecule has 4 heteroatoms. The second-order valence-electron chi connectivity index (χ2n) is 3.77. The molecule has 0 bridgehead atoms. The quantitative estimate of drug-likeness (QED) is 0.356. The predicted octanol–water partition coefficient (Wildman–Crippen LogP) is -2.28. The molecular weight excluding hydrogens is 226 g/mol. The smallest absolute Gasteiger partial charge is 0.126 e. The normalized spacial score (nSPS) is 12.4. The maximum atomic E-state index is 9.50. The summed E-state index contributed by atoms with van der Waals surface area (Å²) < 4.78 is 0.609. The Morgan fingerprint density at radius 1 is 1.00 bits per heavy atom. The van der Waals surface area contributed by atoms with Gasteiger partial charge in [-0.1, -0.05) is 19.7 Å².